The molecular formula is C16H17N3O6S. The minimum atomic E-state index is -1.29. The summed E-state index contributed by atoms with van der Waals surface area (Å²) in [6.07, 6.45) is 0. The Bertz CT molecular complexity index is 794. The van der Waals surface area contributed by atoms with Gasteiger partial charge in [0.15, 0.2) is 0 Å². The minimum Gasteiger partial charge on any atom is -0.508 e. The number of hydrogen-bond donors (Lipinski definition) is 5. The molecule has 3 atom stereocenters. The Hall–Kier alpha value is -2.56. The standard InChI is InChI=1S/C16H17N3O6S/c17-10(7-1-3-9(21)4-2-7)13(22)18-11-14(23)19-12(16(24)25)8(5-20)6-26-15(11)19/h1-4,10-11,15,20-21H,5-6,17H2,(H,18,22)(H,24,25)/t10-,11?,15+/m0/s1. The van der Waals surface area contributed by atoms with E-state index in [1.807, 2.05) is 0 Å². The molecule has 1 fully saturated rings. The number of aromatic hydroxyl groups is 1. The van der Waals surface area contributed by atoms with Crippen LogP contribution in [0.2, 0.25) is 0 Å². The Morgan fingerprint density at radius 3 is 2.58 bits per heavy atom. The highest BCUT2D eigenvalue weighted by Gasteiger charge is 2.54. The third kappa shape index (κ3) is 3.02. The molecule has 6 N–H and O–H groups in total. The van der Waals surface area contributed by atoms with Crippen molar-refractivity contribution >= 4 is 29.5 Å². The highest BCUT2D eigenvalue weighted by atomic mass is 32.2. The number of amides is 2. The molecular weight excluding hydrogens is 362 g/mol. The second-order valence-corrected chi connectivity index (χ2v) is 6.99. The van der Waals surface area contributed by atoms with Crippen molar-refractivity contribution in [2.45, 2.75) is 17.5 Å². The number of aliphatic hydroxyl groups excluding tert-OH is 1. The fourth-order valence-corrected chi connectivity index (χ4v) is 4.22. The molecule has 2 amide bonds. The molecule has 0 saturated carbocycles. The van der Waals surface area contributed by atoms with Gasteiger partial charge in [0.05, 0.1) is 6.61 Å². The fourth-order valence-electron chi connectivity index (χ4n) is 2.88. The van der Waals surface area contributed by atoms with Gasteiger partial charge < -0.3 is 26.4 Å². The first-order chi connectivity index (χ1) is 12.3. The maximum absolute atomic E-state index is 12.4. The first-order valence-corrected chi connectivity index (χ1v) is 8.75. The SMILES string of the molecule is N[C@H](C(=O)NC1C(=O)N2C(C(=O)O)=C(CO)CS[C@H]12)c1ccc(O)cc1. The Morgan fingerprint density at radius 2 is 2.00 bits per heavy atom. The van der Waals surface area contributed by atoms with E-state index in [1.54, 1.807) is 0 Å². The normalized spacial score (nSPS) is 23.2. The summed E-state index contributed by atoms with van der Waals surface area (Å²) in [5.74, 6) is -2.14. The molecule has 0 aliphatic carbocycles. The first kappa shape index (κ1) is 18.2. The number of benzene rings is 1. The second kappa shape index (κ2) is 6.98. The van der Waals surface area contributed by atoms with Crippen LogP contribution < -0.4 is 11.1 Å². The maximum Gasteiger partial charge on any atom is 0.352 e. The van der Waals surface area contributed by atoms with Crippen LogP contribution in [0.1, 0.15) is 11.6 Å². The summed E-state index contributed by atoms with van der Waals surface area (Å²) >= 11 is 1.27. The third-order valence-electron chi connectivity index (χ3n) is 4.27. The van der Waals surface area contributed by atoms with Gasteiger partial charge in [0.1, 0.15) is 28.9 Å². The number of nitrogens with two attached hydrogens (primary N) is 1. The van der Waals surface area contributed by atoms with Gasteiger partial charge in [0.25, 0.3) is 5.91 Å². The zero-order valence-corrected chi connectivity index (χ0v) is 14.3. The topological polar surface area (TPSA) is 153 Å². The smallest absolute Gasteiger partial charge is 0.352 e. The van der Waals surface area contributed by atoms with Gasteiger partial charge in [-0.25, -0.2) is 4.79 Å². The Morgan fingerprint density at radius 1 is 1.35 bits per heavy atom. The zero-order valence-electron chi connectivity index (χ0n) is 13.5. The number of carbonyl (C=O) groups excluding carboxylic acids is 2. The van der Waals surface area contributed by atoms with Gasteiger partial charge in [-0.1, -0.05) is 12.1 Å². The highest BCUT2D eigenvalue weighted by Crippen LogP contribution is 2.40. The van der Waals surface area contributed by atoms with Crippen molar-refractivity contribution in [1.29, 1.82) is 0 Å². The average molecular weight is 379 g/mol. The molecule has 1 aromatic rings. The van der Waals surface area contributed by atoms with Crippen LogP contribution in [0.4, 0.5) is 0 Å². The number of carbonyl (C=O) groups is 3. The average Bonchev–Trinajstić information content (AvgIpc) is 2.64. The van der Waals surface area contributed by atoms with Gasteiger partial charge in [-0.2, -0.15) is 0 Å². The largest absolute Gasteiger partial charge is 0.508 e. The summed E-state index contributed by atoms with van der Waals surface area (Å²) in [7, 11) is 0. The lowest BCUT2D eigenvalue weighted by Crippen LogP contribution is -2.71. The van der Waals surface area contributed by atoms with Gasteiger partial charge >= 0.3 is 5.97 Å². The van der Waals surface area contributed by atoms with E-state index >= 15 is 0 Å². The van der Waals surface area contributed by atoms with Crippen LogP contribution in [-0.4, -0.2) is 61.8 Å². The van der Waals surface area contributed by atoms with Crippen LogP contribution in [0.3, 0.4) is 0 Å². The molecule has 1 saturated heterocycles. The number of rotatable bonds is 5. The lowest BCUT2D eigenvalue weighted by molar-refractivity contribution is -0.151. The predicted molar refractivity (Wildman–Crippen MR) is 91.8 cm³/mol. The van der Waals surface area contributed by atoms with E-state index in [1.165, 1.54) is 36.0 Å². The molecule has 10 heteroatoms. The molecule has 2 aliphatic heterocycles. The number of β-lactam (4-membered cyclic amide) rings is 1. The summed E-state index contributed by atoms with van der Waals surface area (Å²) in [6, 6.07) is 3.89. The quantitative estimate of drug-likeness (QED) is 0.414. The third-order valence-corrected chi connectivity index (χ3v) is 5.61. The van der Waals surface area contributed by atoms with Crippen molar-refractivity contribution in [3.8, 4) is 5.75 Å². The molecule has 0 radical (unpaired) electrons. The summed E-state index contributed by atoms with van der Waals surface area (Å²) < 4.78 is 0. The van der Waals surface area contributed by atoms with E-state index in [9.17, 15) is 29.7 Å². The summed E-state index contributed by atoms with van der Waals surface area (Å²) in [6.45, 7) is -0.451. The van der Waals surface area contributed by atoms with Crippen molar-refractivity contribution in [3.63, 3.8) is 0 Å². The molecule has 9 nitrogen and oxygen atoms in total. The van der Waals surface area contributed by atoms with E-state index in [0.717, 1.165) is 4.90 Å². The summed E-state index contributed by atoms with van der Waals surface area (Å²) in [4.78, 5) is 37.2. The van der Waals surface area contributed by atoms with Gasteiger partial charge in [0.2, 0.25) is 5.91 Å². The molecule has 1 unspecified atom stereocenters. The minimum absolute atomic E-state index is 0.0393. The molecule has 138 valence electrons. The van der Waals surface area contributed by atoms with E-state index < -0.39 is 41.8 Å². The van der Waals surface area contributed by atoms with Crippen LogP contribution in [0.5, 0.6) is 5.75 Å². The van der Waals surface area contributed by atoms with Crippen molar-refractivity contribution < 1.29 is 29.7 Å². The second-order valence-electron chi connectivity index (χ2n) is 5.88. The van der Waals surface area contributed by atoms with Crippen molar-refractivity contribution in [2.75, 3.05) is 12.4 Å². The number of aliphatic carboxylic acids is 1. The predicted octanol–water partition coefficient (Wildman–Crippen LogP) is -0.877. The molecule has 1 aromatic carbocycles. The Kier molecular flexibility index (Phi) is 4.90. The van der Waals surface area contributed by atoms with E-state index in [0.29, 0.717) is 5.56 Å². The molecule has 0 bridgehead atoms. The maximum atomic E-state index is 12.4. The number of hydrogen-bond acceptors (Lipinski definition) is 7. The molecule has 2 aliphatic rings. The number of aliphatic hydroxyl groups is 1. The number of nitrogens with zero attached hydrogens (tertiary/aromatic N) is 1. The summed E-state index contributed by atoms with van der Waals surface area (Å²) in [5.41, 5.74) is 6.39. The summed E-state index contributed by atoms with van der Waals surface area (Å²) in [5, 5.41) is 29.9. The number of thioether (sulfide) groups is 1. The number of fused-ring (bicyclic) bond motifs is 1. The molecule has 2 heterocycles. The Balaban J connectivity index is 1.72. The zero-order chi connectivity index (χ0) is 19.0. The van der Waals surface area contributed by atoms with Gasteiger partial charge in [0, 0.05) is 5.75 Å². The molecule has 0 spiro atoms. The highest BCUT2D eigenvalue weighted by molar-refractivity contribution is 8.00. The van der Waals surface area contributed by atoms with Crippen molar-refractivity contribution in [2.24, 2.45) is 5.73 Å². The van der Waals surface area contributed by atoms with Gasteiger partial charge in [-0.3, -0.25) is 14.5 Å². The number of carboxylic acid groups (broad SMARTS) is 1. The number of phenols is 1. The Labute approximate surface area is 152 Å². The van der Waals surface area contributed by atoms with Crippen LogP contribution in [0, 0.1) is 0 Å². The van der Waals surface area contributed by atoms with E-state index in [-0.39, 0.29) is 22.8 Å². The van der Waals surface area contributed by atoms with Crippen molar-refractivity contribution in [1.82, 2.24) is 10.2 Å². The van der Waals surface area contributed by atoms with Crippen molar-refractivity contribution in [3.05, 3.63) is 41.1 Å². The lowest BCUT2D eigenvalue weighted by Gasteiger charge is -2.49. The van der Waals surface area contributed by atoms with Gasteiger partial charge in [-0.15, -0.1) is 11.8 Å². The van der Waals surface area contributed by atoms with E-state index in [2.05, 4.69) is 5.32 Å². The molecule has 0 aromatic heterocycles. The van der Waals surface area contributed by atoms with Crippen LogP contribution in [0.15, 0.2) is 35.5 Å². The number of carboxylic acids is 1. The monoisotopic (exact) mass is 379 g/mol. The van der Waals surface area contributed by atoms with Gasteiger partial charge in [-0.05, 0) is 23.3 Å². The van der Waals surface area contributed by atoms with Crippen LogP contribution >= 0.6 is 11.8 Å². The van der Waals surface area contributed by atoms with Crippen LogP contribution in [-0.2, 0) is 14.4 Å². The first-order valence-electron chi connectivity index (χ1n) is 7.71. The lowest BCUT2D eigenvalue weighted by atomic mass is 10.0. The van der Waals surface area contributed by atoms with Crippen LogP contribution in [0.25, 0.3) is 0 Å². The molecule has 3 rings (SSSR count). The molecule has 26 heavy (non-hydrogen) atoms. The fraction of sp³-hybridized carbons (Fsp3) is 0.312. The number of nitrogens with one attached hydrogen (secondary N) is 1. The van der Waals surface area contributed by atoms with E-state index in [4.69, 9.17) is 5.73 Å². The number of phenolic OH excluding ortho intramolecular Hbond substituents is 1.